The highest BCUT2D eigenvalue weighted by Gasteiger charge is 2.31. The Morgan fingerprint density at radius 3 is 2.50 bits per heavy atom. The number of alkyl halides is 3. The topological polar surface area (TPSA) is 35.2 Å². The van der Waals surface area contributed by atoms with Gasteiger partial charge in [0.05, 0.1) is 12.7 Å². The van der Waals surface area contributed by atoms with Crippen LogP contribution in [-0.2, 0) is 6.18 Å². The number of rotatable bonds is 4. The van der Waals surface area contributed by atoms with Crippen molar-refractivity contribution in [2.45, 2.75) is 25.6 Å². The first-order chi connectivity index (χ1) is 8.25. The molecule has 0 aliphatic carbocycles. The van der Waals surface area contributed by atoms with Gasteiger partial charge in [0, 0.05) is 11.6 Å². The predicted octanol–water partition coefficient (Wildman–Crippen LogP) is 3.68. The maximum Gasteiger partial charge on any atom is 0.416 e. The zero-order valence-corrected chi connectivity index (χ0v) is 10.3. The lowest BCUT2D eigenvalue weighted by Crippen LogP contribution is -2.13. The molecule has 0 fully saturated rings. The predicted molar refractivity (Wildman–Crippen MR) is 64.4 cm³/mol. The summed E-state index contributed by atoms with van der Waals surface area (Å²) >= 11 is 0. The second kappa shape index (κ2) is 5.44. The summed E-state index contributed by atoms with van der Waals surface area (Å²) in [5.74, 6) is 0.151. The summed E-state index contributed by atoms with van der Waals surface area (Å²) in [6.45, 7) is 5.55. The molecule has 0 unspecified atom stereocenters. The molecule has 2 N–H and O–H groups in total. The van der Waals surface area contributed by atoms with Gasteiger partial charge in [0.25, 0.3) is 0 Å². The van der Waals surface area contributed by atoms with Gasteiger partial charge in [0.2, 0.25) is 0 Å². The number of ether oxygens (including phenoxy) is 1. The molecule has 0 aliphatic rings. The molecule has 5 heteroatoms. The van der Waals surface area contributed by atoms with Crippen LogP contribution in [0.25, 0.3) is 0 Å². The number of benzene rings is 1. The molecule has 0 heterocycles. The van der Waals surface area contributed by atoms with E-state index in [1.54, 1.807) is 0 Å². The third-order valence-corrected chi connectivity index (χ3v) is 2.53. The average molecular weight is 259 g/mol. The van der Waals surface area contributed by atoms with E-state index in [2.05, 4.69) is 6.58 Å². The standard InChI is InChI=1S/C13H16F3NO/c1-8(2)6-11(17)10-5-4-9(13(14,15)16)7-12(10)18-3/h4-5,7,11H,1,6,17H2,2-3H3/t11-/m1/s1. The molecule has 0 radical (unpaired) electrons. The lowest BCUT2D eigenvalue weighted by atomic mass is 9.98. The van der Waals surface area contributed by atoms with Gasteiger partial charge in [0.1, 0.15) is 5.75 Å². The van der Waals surface area contributed by atoms with Crippen molar-refractivity contribution in [3.05, 3.63) is 41.5 Å². The first kappa shape index (κ1) is 14.6. The van der Waals surface area contributed by atoms with Gasteiger partial charge in [0.15, 0.2) is 0 Å². The second-order valence-corrected chi connectivity index (χ2v) is 4.22. The molecule has 1 aromatic carbocycles. The van der Waals surface area contributed by atoms with Crippen LogP contribution in [-0.4, -0.2) is 7.11 Å². The van der Waals surface area contributed by atoms with Crippen molar-refractivity contribution in [2.24, 2.45) is 5.73 Å². The molecular formula is C13H16F3NO. The van der Waals surface area contributed by atoms with E-state index in [1.165, 1.54) is 13.2 Å². The Balaban J connectivity index is 3.11. The van der Waals surface area contributed by atoms with Crippen LogP contribution in [0.4, 0.5) is 13.2 Å². The van der Waals surface area contributed by atoms with Gasteiger partial charge in [-0.3, -0.25) is 0 Å². The summed E-state index contributed by atoms with van der Waals surface area (Å²) in [4.78, 5) is 0. The minimum absolute atomic E-state index is 0.151. The van der Waals surface area contributed by atoms with Gasteiger partial charge in [-0.2, -0.15) is 13.2 Å². The van der Waals surface area contributed by atoms with Crippen LogP contribution in [0.5, 0.6) is 5.75 Å². The largest absolute Gasteiger partial charge is 0.496 e. The molecule has 1 aromatic rings. The van der Waals surface area contributed by atoms with Gasteiger partial charge in [-0.15, -0.1) is 6.58 Å². The summed E-state index contributed by atoms with van der Waals surface area (Å²) in [5.41, 5.74) is 6.58. The highest BCUT2D eigenvalue weighted by molar-refractivity contribution is 5.41. The summed E-state index contributed by atoms with van der Waals surface area (Å²) in [6, 6.07) is 2.92. The fraction of sp³-hybridized carbons (Fsp3) is 0.385. The second-order valence-electron chi connectivity index (χ2n) is 4.22. The summed E-state index contributed by atoms with van der Waals surface area (Å²) in [6.07, 6.45) is -3.88. The third kappa shape index (κ3) is 3.50. The van der Waals surface area contributed by atoms with E-state index in [0.29, 0.717) is 12.0 Å². The Labute approximate surface area is 104 Å². The first-order valence-corrected chi connectivity index (χ1v) is 5.40. The average Bonchev–Trinajstić information content (AvgIpc) is 2.26. The van der Waals surface area contributed by atoms with Crippen molar-refractivity contribution in [3.63, 3.8) is 0 Å². The molecule has 0 saturated heterocycles. The molecule has 0 aliphatic heterocycles. The Kier molecular flexibility index (Phi) is 4.40. The molecule has 18 heavy (non-hydrogen) atoms. The molecular weight excluding hydrogens is 243 g/mol. The zero-order valence-electron chi connectivity index (χ0n) is 10.3. The minimum atomic E-state index is -4.38. The summed E-state index contributed by atoms with van der Waals surface area (Å²) in [5, 5.41) is 0. The molecule has 100 valence electrons. The summed E-state index contributed by atoms with van der Waals surface area (Å²) in [7, 11) is 1.33. The number of methoxy groups -OCH3 is 1. The Hall–Kier alpha value is -1.49. The quantitative estimate of drug-likeness (QED) is 0.837. The van der Waals surface area contributed by atoms with E-state index in [9.17, 15) is 13.2 Å². The highest BCUT2D eigenvalue weighted by Crippen LogP contribution is 2.35. The number of hydrogen-bond donors (Lipinski definition) is 1. The van der Waals surface area contributed by atoms with Crippen LogP contribution < -0.4 is 10.5 Å². The molecule has 0 aromatic heterocycles. The normalized spacial score (nSPS) is 13.2. The lowest BCUT2D eigenvalue weighted by Gasteiger charge is -2.17. The van der Waals surface area contributed by atoms with E-state index in [1.807, 2.05) is 6.92 Å². The van der Waals surface area contributed by atoms with Crippen LogP contribution in [0.2, 0.25) is 0 Å². The van der Waals surface area contributed by atoms with Crippen molar-refractivity contribution in [1.82, 2.24) is 0 Å². The van der Waals surface area contributed by atoms with Crippen molar-refractivity contribution in [1.29, 1.82) is 0 Å². The molecule has 0 bridgehead atoms. The van der Waals surface area contributed by atoms with Gasteiger partial charge >= 0.3 is 6.18 Å². The summed E-state index contributed by atoms with van der Waals surface area (Å²) < 4.78 is 42.6. The number of nitrogens with two attached hydrogens (primary N) is 1. The molecule has 2 nitrogen and oxygen atoms in total. The Morgan fingerprint density at radius 1 is 1.44 bits per heavy atom. The van der Waals surface area contributed by atoms with E-state index in [4.69, 9.17) is 10.5 Å². The molecule has 0 saturated carbocycles. The SMILES string of the molecule is C=C(C)C[C@@H](N)c1ccc(C(F)(F)F)cc1OC. The first-order valence-electron chi connectivity index (χ1n) is 5.40. The monoisotopic (exact) mass is 259 g/mol. The smallest absolute Gasteiger partial charge is 0.416 e. The maximum absolute atomic E-state index is 12.5. The highest BCUT2D eigenvalue weighted by atomic mass is 19.4. The van der Waals surface area contributed by atoms with Crippen LogP contribution in [0.3, 0.4) is 0 Å². The Morgan fingerprint density at radius 2 is 2.06 bits per heavy atom. The van der Waals surface area contributed by atoms with Crippen LogP contribution in [0.1, 0.15) is 30.5 Å². The Bertz CT molecular complexity index is 440. The van der Waals surface area contributed by atoms with Gasteiger partial charge < -0.3 is 10.5 Å². The van der Waals surface area contributed by atoms with Crippen molar-refractivity contribution < 1.29 is 17.9 Å². The van der Waals surface area contributed by atoms with E-state index in [0.717, 1.165) is 17.7 Å². The van der Waals surface area contributed by atoms with Crippen LogP contribution in [0, 0.1) is 0 Å². The number of halogens is 3. The van der Waals surface area contributed by atoms with Gasteiger partial charge in [-0.25, -0.2) is 0 Å². The third-order valence-electron chi connectivity index (χ3n) is 2.53. The lowest BCUT2D eigenvalue weighted by molar-refractivity contribution is -0.137. The number of hydrogen-bond acceptors (Lipinski definition) is 2. The molecule has 0 amide bonds. The van der Waals surface area contributed by atoms with E-state index >= 15 is 0 Å². The fourth-order valence-electron chi connectivity index (χ4n) is 1.68. The van der Waals surface area contributed by atoms with Gasteiger partial charge in [-0.1, -0.05) is 11.6 Å². The fourth-order valence-corrected chi connectivity index (χ4v) is 1.68. The van der Waals surface area contributed by atoms with Crippen LogP contribution >= 0.6 is 0 Å². The zero-order chi connectivity index (χ0) is 13.9. The minimum Gasteiger partial charge on any atom is -0.496 e. The molecule has 1 atom stereocenters. The van der Waals surface area contributed by atoms with Crippen LogP contribution in [0.15, 0.2) is 30.4 Å². The van der Waals surface area contributed by atoms with Crippen molar-refractivity contribution in [3.8, 4) is 5.75 Å². The van der Waals surface area contributed by atoms with Crippen molar-refractivity contribution >= 4 is 0 Å². The van der Waals surface area contributed by atoms with E-state index < -0.39 is 17.8 Å². The maximum atomic E-state index is 12.5. The molecule has 0 spiro atoms. The van der Waals surface area contributed by atoms with Crippen molar-refractivity contribution in [2.75, 3.05) is 7.11 Å². The molecule has 1 rings (SSSR count). The van der Waals surface area contributed by atoms with Gasteiger partial charge in [-0.05, 0) is 25.5 Å². The van der Waals surface area contributed by atoms with E-state index in [-0.39, 0.29) is 5.75 Å².